The highest BCUT2D eigenvalue weighted by Crippen LogP contribution is 2.30. The summed E-state index contributed by atoms with van der Waals surface area (Å²) in [4.78, 5) is 10.3. The van der Waals surface area contributed by atoms with Crippen molar-refractivity contribution in [1.29, 1.82) is 0 Å². The van der Waals surface area contributed by atoms with Gasteiger partial charge in [-0.3, -0.25) is 0 Å². The second-order valence-corrected chi connectivity index (χ2v) is 7.75. The number of ether oxygens (including phenoxy) is 1. The number of rotatable bonds is 6. The number of hydrogen-bond donors (Lipinski definition) is 1. The van der Waals surface area contributed by atoms with E-state index in [1.165, 1.54) is 17.9 Å². The number of halogens is 2. The smallest absolute Gasteiger partial charge is 0.212 e. The minimum atomic E-state index is -0.707. The van der Waals surface area contributed by atoms with Crippen molar-refractivity contribution in [2.75, 3.05) is 25.1 Å². The second-order valence-electron chi connectivity index (χ2n) is 7.75. The molecule has 164 valence electrons. The van der Waals surface area contributed by atoms with Crippen LogP contribution in [0.15, 0.2) is 36.5 Å². The quantitative estimate of drug-likeness (QED) is 0.647. The molecular weight excluding hydrogens is 404 g/mol. The molecule has 1 saturated heterocycles. The lowest BCUT2D eigenvalue weighted by molar-refractivity contribution is 0.0123. The molecule has 1 fully saturated rings. The summed E-state index contributed by atoms with van der Waals surface area (Å²) >= 11 is 0. The van der Waals surface area contributed by atoms with Gasteiger partial charge >= 0.3 is 0 Å². The third-order valence-electron chi connectivity index (χ3n) is 5.84. The van der Waals surface area contributed by atoms with E-state index >= 15 is 0 Å². The van der Waals surface area contributed by atoms with Gasteiger partial charge in [0.1, 0.15) is 11.5 Å². The summed E-state index contributed by atoms with van der Waals surface area (Å²) in [6, 6.07) is 8.09. The van der Waals surface area contributed by atoms with Gasteiger partial charge in [-0.15, -0.1) is 0 Å². The molecule has 3 heterocycles. The Morgan fingerprint density at radius 1 is 1.16 bits per heavy atom. The van der Waals surface area contributed by atoms with E-state index in [2.05, 4.69) is 15.1 Å². The van der Waals surface area contributed by atoms with E-state index in [0.717, 1.165) is 6.20 Å². The van der Waals surface area contributed by atoms with Crippen molar-refractivity contribution in [3.8, 4) is 17.4 Å². The summed E-state index contributed by atoms with van der Waals surface area (Å²) in [7, 11) is 1.50. The van der Waals surface area contributed by atoms with Crippen LogP contribution in [0.25, 0.3) is 11.5 Å². The lowest BCUT2D eigenvalue weighted by Crippen LogP contribution is -2.44. The molecule has 1 N–H and O–H groups in total. The van der Waals surface area contributed by atoms with E-state index < -0.39 is 11.4 Å². The molecule has 1 aliphatic rings. The van der Waals surface area contributed by atoms with Crippen molar-refractivity contribution in [3.05, 3.63) is 53.7 Å². The van der Waals surface area contributed by atoms with Crippen molar-refractivity contribution >= 4 is 5.82 Å². The van der Waals surface area contributed by atoms with Crippen molar-refractivity contribution in [2.24, 2.45) is 0 Å². The predicted octanol–water partition coefficient (Wildman–Crippen LogP) is 3.42. The first-order valence-corrected chi connectivity index (χ1v) is 10.3. The number of anilines is 1. The summed E-state index contributed by atoms with van der Waals surface area (Å²) in [5, 5.41) is 14.9. The van der Waals surface area contributed by atoms with Gasteiger partial charge in [0.25, 0.3) is 0 Å². The van der Waals surface area contributed by atoms with E-state index in [9.17, 15) is 13.9 Å². The van der Waals surface area contributed by atoms with Gasteiger partial charge < -0.3 is 14.7 Å². The highest BCUT2D eigenvalue weighted by molar-refractivity contribution is 5.55. The van der Waals surface area contributed by atoms with Crippen LogP contribution in [0.4, 0.5) is 14.6 Å². The normalized spacial score (nSPS) is 15.8. The largest absolute Gasteiger partial charge is 0.481 e. The molecule has 0 unspecified atom stereocenters. The molecule has 9 heteroatoms. The molecule has 3 aromatic rings. The average Bonchev–Trinajstić information content (AvgIpc) is 3.19. The molecule has 4 rings (SSSR count). The fourth-order valence-corrected chi connectivity index (χ4v) is 3.77. The minimum Gasteiger partial charge on any atom is -0.481 e. The topological polar surface area (TPSA) is 76.3 Å². The lowest BCUT2D eigenvalue weighted by atomic mass is 9.89. The van der Waals surface area contributed by atoms with Gasteiger partial charge in [0.2, 0.25) is 5.88 Å². The van der Waals surface area contributed by atoms with Crippen LogP contribution in [-0.4, -0.2) is 50.7 Å². The molecule has 2 aromatic heterocycles. The molecule has 0 atom stereocenters. The first-order valence-electron chi connectivity index (χ1n) is 10.3. The summed E-state index contributed by atoms with van der Waals surface area (Å²) in [5.74, 6) is -0.00899. The molecule has 31 heavy (non-hydrogen) atoms. The molecule has 0 bridgehead atoms. The Balaban J connectivity index is 1.61. The van der Waals surface area contributed by atoms with Crippen molar-refractivity contribution in [2.45, 2.75) is 38.3 Å². The highest BCUT2D eigenvalue weighted by atomic mass is 19.1. The number of nitrogens with zero attached hydrogens (tertiary/aromatic N) is 5. The number of benzene rings is 1. The van der Waals surface area contributed by atoms with Gasteiger partial charge in [-0.05, 0) is 25.3 Å². The fraction of sp³-hybridized carbons (Fsp3) is 0.409. The Hall–Kier alpha value is -3.07. The Labute approximate surface area is 179 Å². The molecule has 0 amide bonds. The summed E-state index contributed by atoms with van der Waals surface area (Å²) in [6.07, 6.45) is 2.89. The molecule has 1 aromatic carbocycles. The second kappa shape index (κ2) is 8.58. The van der Waals surface area contributed by atoms with E-state index in [-0.39, 0.29) is 24.0 Å². The van der Waals surface area contributed by atoms with E-state index in [1.54, 1.807) is 24.3 Å². The maximum atomic E-state index is 14.5. The Morgan fingerprint density at radius 3 is 2.58 bits per heavy atom. The van der Waals surface area contributed by atoms with Crippen molar-refractivity contribution in [1.82, 2.24) is 19.7 Å². The first-order chi connectivity index (χ1) is 14.9. The van der Waals surface area contributed by atoms with Crippen molar-refractivity contribution in [3.63, 3.8) is 0 Å². The van der Waals surface area contributed by atoms with Crippen LogP contribution in [0.5, 0.6) is 5.88 Å². The summed E-state index contributed by atoms with van der Waals surface area (Å²) < 4.78 is 35.4. The van der Waals surface area contributed by atoms with Gasteiger partial charge in [-0.1, -0.05) is 25.1 Å². The maximum absolute atomic E-state index is 14.5. The van der Waals surface area contributed by atoms with Gasteiger partial charge in [0.15, 0.2) is 17.5 Å². The summed E-state index contributed by atoms with van der Waals surface area (Å²) in [6.45, 7) is 3.13. The molecular formula is C22H25F2N5O2. The zero-order chi connectivity index (χ0) is 22.0. The third kappa shape index (κ3) is 4.36. The average molecular weight is 429 g/mol. The van der Waals surface area contributed by atoms with Gasteiger partial charge in [0.05, 0.1) is 25.5 Å². The highest BCUT2D eigenvalue weighted by Gasteiger charge is 2.32. The van der Waals surface area contributed by atoms with Crippen LogP contribution < -0.4 is 9.64 Å². The number of aliphatic hydroxyl groups is 1. The van der Waals surface area contributed by atoms with Crippen LogP contribution in [0.2, 0.25) is 0 Å². The Morgan fingerprint density at radius 2 is 1.90 bits per heavy atom. The number of methoxy groups -OCH3 is 1. The van der Waals surface area contributed by atoms with Crippen LogP contribution in [0.3, 0.4) is 0 Å². The standard InChI is InChI=1S/C22H25F2N5O2/c1-3-22(30)8-10-28(11-9-22)21-17(24)13-25-20(26-21)18-12-19(31-2)29(27-18)14-15-6-4-5-7-16(15)23/h4-7,12-13,30H,3,8-11,14H2,1-2H3. The molecule has 0 saturated carbocycles. The predicted molar refractivity (Wildman–Crippen MR) is 112 cm³/mol. The van der Waals surface area contributed by atoms with Gasteiger partial charge in [-0.25, -0.2) is 23.4 Å². The Bertz CT molecular complexity index is 1060. The zero-order valence-corrected chi connectivity index (χ0v) is 17.6. The van der Waals surface area contributed by atoms with Crippen LogP contribution in [0.1, 0.15) is 31.7 Å². The zero-order valence-electron chi connectivity index (χ0n) is 17.6. The lowest BCUT2D eigenvalue weighted by Gasteiger charge is -2.38. The number of piperidine rings is 1. The molecule has 1 aliphatic heterocycles. The molecule has 7 nitrogen and oxygen atoms in total. The molecule has 0 aliphatic carbocycles. The maximum Gasteiger partial charge on any atom is 0.212 e. The summed E-state index contributed by atoms with van der Waals surface area (Å²) in [5.41, 5.74) is 0.159. The van der Waals surface area contributed by atoms with Crippen molar-refractivity contribution < 1.29 is 18.6 Å². The van der Waals surface area contributed by atoms with E-state index in [0.29, 0.717) is 49.5 Å². The van der Waals surface area contributed by atoms with E-state index in [1.807, 2.05) is 11.8 Å². The van der Waals surface area contributed by atoms with Crippen LogP contribution >= 0.6 is 0 Å². The number of aromatic nitrogens is 4. The van der Waals surface area contributed by atoms with E-state index in [4.69, 9.17) is 4.74 Å². The number of hydrogen-bond acceptors (Lipinski definition) is 6. The van der Waals surface area contributed by atoms with Crippen LogP contribution in [0, 0.1) is 11.6 Å². The Kier molecular flexibility index (Phi) is 5.86. The minimum absolute atomic E-state index is 0.172. The first kappa shape index (κ1) is 21.2. The molecule has 0 radical (unpaired) electrons. The van der Waals surface area contributed by atoms with Gasteiger partial charge in [-0.2, -0.15) is 5.10 Å². The molecule has 0 spiro atoms. The third-order valence-corrected chi connectivity index (χ3v) is 5.84. The fourth-order valence-electron chi connectivity index (χ4n) is 3.77. The van der Waals surface area contributed by atoms with Crippen LogP contribution in [-0.2, 0) is 6.54 Å². The van der Waals surface area contributed by atoms with Gasteiger partial charge in [0, 0.05) is 24.7 Å². The monoisotopic (exact) mass is 429 g/mol. The SMILES string of the molecule is CCC1(O)CCN(c2nc(-c3cc(OC)n(Cc4ccccc4F)n3)ncc2F)CC1.